The van der Waals surface area contributed by atoms with Crippen LogP contribution < -0.4 is 16.8 Å². The summed E-state index contributed by atoms with van der Waals surface area (Å²) in [6.07, 6.45) is 3.17. The number of guanidine groups is 1. The van der Waals surface area contributed by atoms with Crippen LogP contribution in [0.1, 0.15) is 67.4 Å². The number of piperidine rings is 1. The van der Waals surface area contributed by atoms with Gasteiger partial charge in [-0.2, -0.15) is 11.8 Å². The third-order valence-electron chi connectivity index (χ3n) is 8.45. The summed E-state index contributed by atoms with van der Waals surface area (Å²) >= 11 is 3.01. The van der Waals surface area contributed by atoms with Gasteiger partial charge >= 0.3 is 0 Å². The van der Waals surface area contributed by atoms with Gasteiger partial charge in [-0.05, 0) is 60.8 Å². The number of carbonyl (C=O) groups excluding carboxylic acids is 3. The van der Waals surface area contributed by atoms with Crippen LogP contribution in [0, 0.1) is 5.92 Å². The summed E-state index contributed by atoms with van der Waals surface area (Å²) in [6.45, 7) is 6.90. The van der Waals surface area contributed by atoms with Crippen molar-refractivity contribution in [3.8, 4) is 0 Å². The highest BCUT2D eigenvalue weighted by atomic mass is 32.2. The third kappa shape index (κ3) is 7.43. The van der Waals surface area contributed by atoms with E-state index < -0.39 is 12.1 Å². The second-order valence-electron chi connectivity index (χ2n) is 12.7. The van der Waals surface area contributed by atoms with E-state index in [1.54, 1.807) is 11.8 Å². The Hall–Kier alpha value is -3.44. The topological polar surface area (TPSA) is 144 Å². The van der Waals surface area contributed by atoms with Gasteiger partial charge in [0.2, 0.25) is 17.6 Å². The van der Waals surface area contributed by atoms with Gasteiger partial charge in [0.05, 0.1) is 16.3 Å². The highest BCUT2D eigenvalue weighted by molar-refractivity contribution is 7.99. The average molecular weight is 635 g/mol. The van der Waals surface area contributed by atoms with Crippen LogP contribution in [-0.2, 0) is 21.4 Å². The number of nitrogens with two attached hydrogens (primary N) is 2. The number of hydrogen-bond acceptors (Lipinski definition) is 7. The van der Waals surface area contributed by atoms with Crippen LogP contribution in [0.25, 0.3) is 10.2 Å². The fraction of sp³-hybridized carbons (Fsp3) is 0.485. The summed E-state index contributed by atoms with van der Waals surface area (Å²) in [4.78, 5) is 51.9. The number of aromatic nitrogens is 1. The van der Waals surface area contributed by atoms with Crippen molar-refractivity contribution in [3.63, 3.8) is 0 Å². The van der Waals surface area contributed by atoms with Crippen LogP contribution in [0.2, 0.25) is 0 Å². The minimum atomic E-state index is -0.806. The second kappa shape index (κ2) is 13.7. The number of ketones is 1. The van der Waals surface area contributed by atoms with Crippen LogP contribution in [0.5, 0.6) is 0 Å². The first kappa shape index (κ1) is 32.0. The van der Waals surface area contributed by atoms with Gasteiger partial charge < -0.3 is 21.7 Å². The molecule has 5 rings (SSSR count). The second-order valence-corrected chi connectivity index (χ2v) is 14.8. The SMILES string of the molecule is CC(C)(C)c1ccc(CC2CCC3CSCC(C(=O)NC(CCCN=C(N)N)C(=O)c4nc5ccccc5s4)N3C2=O)cc1. The van der Waals surface area contributed by atoms with E-state index in [0.29, 0.717) is 36.6 Å². The van der Waals surface area contributed by atoms with Crippen molar-refractivity contribution >= 4 is 56.9 Å². The maximum Gasteiger partial charge on any atom is 0.244 e. The lowest BCUT2D eigenvalue weighted by molar-refractivity contribution is -0.149. The lowest BCUT2D eigenvalue weighted by Gasteiger charge is -2.46. The molecule has 1 aromatic heterocycles. The number of nitrogens with one attached hydrogen (secondary N) is 1. The highest BCUT2D eigenvalue weighted by Gasteiger charge is 2.44. The molecule has 3 aromatic rings. The molecule has 2 saturated heterocycles. The molecule has 5 N–H and O–H groups in total. The monoisotopic (exact) mass is 634 g/mol. The molecule has 0 saturated carbocycles. The molecular weight excluding hydrogens is 593 g/mol. The Morgan fingerprint density at radius 3 is 2.55 bits per heavy atom. The zero-order valence-electron chi connectivity index (χ0n) is 25.6. The number of para-hydroxylation sites is 1. The zero-order chi connectivity index (χ0) is 31.4. The van der Waals surface area contributed by atoms with Gasteiger partial charge in [0.1, 0.15) is 6.04 Å². The van der Waals surface area contributed by atoms with Crippen molar-refractivity contribution in [1.82, 2.24) is 15.2 Å². The number of hydrogen-bond donors (Lipinski definition) is 3. The van der Waals surface area contributed by atoms with Crippen molar-refractivity contribution in [1.29, 1.82) is 0 Å². The maximum atomic E-state index is 13.9. The molecule has 2 aromatic carbocycles. The summed E-state index contributed by atoms with van der Waals surface area (Å²) in [5.74, 6) is 0.606. The van der Waals surface area contributed by atoms with E-state index >= 15 is 0 Å². The first-order valence-electron chi connectivity index (χ1n) is 15.3. The lowest BCUT2D eigenvalue weighted by atomic mass is 9.84. The highest BCUT2D eigenvalue weighted by Crippen LogP contribution is 2.34. The van der Waals surface area contributed by atoms with Gasteiger partial charge in [0.25, 0.3) is 0 Å². The number of amides is 2. The number of aliphatic imine (C=N–C) groups is 1. The van der Waals surface area contributed by atoms with Gasteiger partial charge in [0.15, 0.2) is 11.0 Å². The lowest BCUT2D eigenvalue weighted by Crippen LogP contribution is -2.63. The van der Waals surface area contributed by atoms with E-state index in [9.17, 15) is 14.4 Å². The number of nitrogens with zero attached hydrogens (tertiary/aromatic N) is 3. The molecule has 234 valence electrons. The minimum absolute atomic E-state index is 0.0109. The molecule has 2 amide bonds. The summed E-state index contributed by atoms with van der Waals surface area (Å²) < 4.78 is 0.908. The standard InChI is InChI=1S/C33H42N6O3S2/c1-33(2,3)22-13-10-20(11-14-22)17-21-12-15-23-18-43-19-26(39(23)31(21)42)29(41)37-25(8-6-16-36-32(34)35)28(40)30-38-24-7-4-5-9-27(24)44-30/h4-5,7,9-11,13-14,21,23,25-26H,6,8,12,15-19H2,1-3H3,(H,37,41)(H4,34,35,36). The summed E-state index contributed by atoms with van der Waals surface area (Å²) in [7, 11) is 0. The van der Waals surface area contributed by atoms with Crippen LogP contribution in [0.15, 0.2) is 53.5 Å². The van der Waals surface area contributed by atoms with E-state index in [1.165, 1.54) is 16.9 Å². The van der Waals surface area contributed by atoms with Gasteiger partial charge in [-0.3, -0.25) is 19.4 Å². The number of Topliss-reactive ketones (excluding diaryl/α,β-unsaturated/α-hetero) is 1. The molecule has 2 aliphatic heterocycles. The molecule has 2 aliphatic rings. The Morgan fingerprint density at radius 1 is 1.09 bits per heavy atom. The zero-order valence-corrected chi connectivity index (χ0v) is 27.3. The molecule has 44 heavy (non-hydrogen) atoms. The Bertz CT molecular complexity index is 1490. The first-order chi connectivity index (χ1) is 21.0. The molecule has 3 heterocycles. The van der Waals surface area contributed by atoms with Crippen molar-refractivity contribution < 1.29 is 14.4 Å². The first-order valence-corrected chi connectivity index (χ1v) is 17.2. The minimum Gasteiger partial charge on any atom is -0.370 e. The fourth-order valence-corrected chi connectivity index (χ4v) is 8.23. The summed E-state index contributed by atoms with van der Waals surface area (Å²) in [5, 5.41) is 3.36. The Labute approximate surface area is 267 Å². The van der Waals surface area contributed by atoms with Gasteiger partial charge in [-0.25, -0.2) is 4.98 Å². The predicted molar refractivity (Wildman–Crippen MR) is 179 cm³/mol. The van der Waals surface area contributed by atoms with Crippen LogP contribution in [0.3, 0.4) is 0 Å². The molecular formula is C33H42N6O3S2. The Balaban J connectivity index is 1.31. The van der Waals surface area contributed by atoms with Crippen LogP contribution in [0.4, 0.5) is 0 Å². The normalized spacial score (nSPS) is 21.0. The van der Waals surface area contributed by atoms with Crippen LogP contribution >= 0.6 is 23.1 Å². The van der Waals surface area contributed by atoms with Gasteiger partial charge in [-0.15, -0.1) is 11.3 Å². The van der Waals surface area contributed by atoms with E-state index in [1.807, 2.05) is 29.2 Å². The van der Waals surface area contributed by atoms with Crippen LogP contribution in [-0.4, -0.2) is 69.6 Å². The summed E-state index contributed by atoms with van der Waals surface area (Å²) in [5.41, 5.74) is 14.2. The molecule has 11 heteroatoms. The molecule has 4 unspecified atom stereocenters. The number of benzene rings is 2. The Kier molecular flexibility index (Phi) is 9.94. The number of rotatable bonds is 10. The molecule has 0 aliphatic carbocycles. The molecule has 2 fully saturated rings. The third-order valence-corrected chi connectivity index (χ3v) is 10.7. The Morgan fingerprint density at radius 2 is 1.84 bits per heavy atom. The molecule has 0 bridgehead atoms. The largest absolute Gasteiger partial charge is 0.370 e. The predicted octanol–water partition coefficient (Wildman–Crippen LogP) is 4.28. The molecule has 0 spiro atoms. The maximum absolute atomic E-state index is 13.9. The summed E-state index contributed by atoms with van der Waals surface area (Å²) in [6, 6.07) is 14.7. The van der Waals surface area contributed by atoms with Crippen molar-refractivity contribution in [3.05, 3.63) is 64.7 Å². The van der Waals surface area contributed by atoms with E-state index in [-0.39, 0.29) is 40.9 Å². The molecule has 4 atom stereocenters. The quantitative estimate of drug-likeness (QED) is 0.131. The van der Waals surface area contributed by atoms with Crippen molar-refractivity contribution in [2.75, 3.05) is 18.1 Å². The van der Waals surface area contributed by atoms with Gasteiger partial charge in [-0.1, -0.05) is 57.2 Å². The van der Waals surface area contributed by atoms with E-state index in [2.05, 4.69) is 60.3 Å². The molecule has 0 radical (unpaired) electrons. The average Bonchev–Trinajstić information content (AvgIpc) is 3.43. The van der Waals surface area contributed by atoms with Crippen molar-refractivity contribution in [2.24, 2.45) is 22.4 Å². The smallest absolute Gasteiger partial charge is 0.244 e. The van der Waals surface area contributed by atoms with E-state index in [4.69, 9.17) is 11.5 Å². The fourth-order valence-electron chi connectivity index (χ4n) is 6.00. The van der Waals surface area contributed by atoms with Gasteiger partial charge in [0, 0.05) is 30.0 Å². The van der Waals surface area contributed by atoms with E-state index in [0.717, 1.165) is 34.4 Å². The number of thioether (sulfide) groups is 1. The number of thiazole rings is 1. The number of fused-ring (bicyclic) bond motifs is 2. The molecule has 9 nitrogen and oxygen atoms in total. The van der Waals surface area contributed by atoms with Crippen molar-refractivity contribution in [2.45, 2.75) is 76.4 Å². The number of carbonyl (C=O) groups is 3.